The Balaban J connectivity index is 1.62. The molecule has 2 aromatic rings. The van der Waals surface area contributed by atoms with E-state index >= 15 is 0 Å². The van der Waals surface area contributed by atoms with Gasteiger partial charge in [0.25, 0.3) is 10.0 Å². The van der Waals surface area contributed by atoms with Gasteiger partial charge in [-0.05, 0) is 36.4 Å². The van der Waals surface area contributed by atoms with E-state index in [9.17, 15) is 8.42 Å². The molecule has 1 aromatic heterocycles. The van der Waals surface area contributed by atoms with E-state index in [1.54, 1.807) is 21.8 Å². The minimum Gasteiger partial charge on any atom is -0.493 e. The lowest BCUT2D eigenvalue weighted by Gasteiger charge is -2.31. The van der Waals surface area contributed by atoms with Crippen molar-refractivity contribution in [2.45, 2.75) is 17.1 Å². The average Bonchev–Trinajstić information content (AvgIpc) is 3.09. The van der Waals surface area contributed by atoms with Gasteiger partial charge in [-0.15, -0.1) is 11.3 Å². The first kappa shape index (κ1) is 15.5. The van der Waals surface area contributed by atoms with Crippen LogP contribution in [0.1, 0.15) is 12.8 Å². The summed E-state index contributed by atoms with van der Waals surface area (Å²) in [7, 11) is -3.34. The third-order valence-corrected chi connectivity index (χ3v) is 7.04. The van der Waals surface area contributed by atoms with Crippen LogP contribution >= 0.6 is 11.3 Å². The third kappa shape index (κ3) is 3.51. The number of ether oxygens (including phenoxy) is 1. The molecule has 4 nitrogen and oxygen atoms in total. The lowest BCUT2D eigenvalue weighted by Crippen LogP contribution is -2.41. The summed E-state index contributed by atoms with van der Waals surface area (Å²) in [5, 5.41) is 1.80. The van der Waals surface area contributed by atoms with E-state index in [2.05, 4.69) is 0 Å². The molecule has 1 aromatic carbocycles. The molecule has 0 saturated carbocycles. The largest absolute Gasteiger partial charge is 0.493 e. The molecule has 0 spiro atoms. The molecule has 22 heavy (non-hydrogen) atoms. The first-order chi connectivity index (χ1) is 10.7. The summed E-state index contributed by atoms with van der Waals surface area (Å²) >= 11 is 1.27. The zero-order valence-corrected chi connectivity index (χ0v) is 13.9. The lowest BCUT2D eigenvalue weighted by atomic mass is 10.0. The molecule has 0 bridgehead atoms. The van der Waals surface area contributed by atoms with E-state index in [0.29, 0.717) is 23.9 Å². The molecule has 1 unspecified atom stereocenters. The topological polar surface area (TPSA) is 46.6 Å². The van der Waals surface area contributed by atoms with E-state index in [1.165, 1.54) is 11.3 Å². The van der Waals surface area contributed by atoms with Crippen molar-refractivity contribution in [1.82, 2.24) is 4.31 Å². The Hall–Kier alpha value is -1.37. The van der Waals surface area contributed by atoms with E-state index in [1.807, 2.05) is 30.3 Å². The summed E-state index contributed by atoms with van der Waals surface area (Å²) in [5.41, 5.74) is 0. The third-order valence-electron chi connectivity index (χ3n) is 3.80. The summed E-state index contributed by atoms with van der Waals surface area (Å²) in [4.78, 5) is 0. The SMILES string of the molecule is O=S(=O)(c1cccs1)N1CCCC(COc2ccccc2)C1. The second-order valence-electron chi connectivity index (χ2n) is 5.43. The first-order valence-electron chi connectivity index (χ1n) is 7.38. The molecule has 1 aliphatic rings. The number of hydrogen-bond donors (Lipinski definition) is 0. The van der Waals surface area contributed by atoms with Gasteiger partial charge in [-0.25, -0.2) is 8.42 Å². The van der Waals surface area contributed by atoms with Crippen molar-refractivity contribution in [3.05, 3.63) is 47.8 Å². The molecule has 1 saturated heterocycles. The zero-order valence-electron chi connectivity index (χ0n) is 12.2. The van der Waals surface area contributed by atoms with Crippen LogP contribution < -0.4 is 4.74 Å². The molecule has 1 aliphatic heterocycles. The predicted octanol–water partition coefficient (Wildman–Crippen LogP) is 3.23. The first-order valence-corrected chi connectivity index (χ1v) is 9.70. The van der Waals surface area contributed by atoms with Gasteiger partial charge in [-0.1, -0.05) is 24.3 Å². The molecule has 0 amide bonds. The van der Waals surface area contributed by atoms with E-state index < -0.39 is 10.0 Å². The Morgan fingerprint density at radius 1 is 1.18 bits per heavy atom. The molecule has 0 radical (unpaired) electrons. The van der Waals surface area contributed by atoms with E-state index in [0.717, 1.165) is 18.6 Å². The zero-order chi connectivity index (χ0) is 15.4. The number of hydrogen-bond acceptors (Lipinski definition) is 4. The van der Waals surface area contributed by atoms with Crippen LogP contribution in [0.3, 0.4) is 0 Å². The second-order valence-corrected chi connectivity index (χ2v) is 8.54. The summed E-state index contributed by atoms with van der Waals surface area (Å²) in [5.74, 6) is 1.07. The van der Waals surface area contributed by atoms with Crippen LogP contribution in [-0.4, -0.2) is 32.4 Å². The minimum atomic E-state index is -3.34. The van der Waals surface area contributed by atoms with Gasteiger partial charge in [-0.2, -0.15) is 4.31 Å². The average molecular weight is 337 g/mol. The number of para-hydroxylation sites is 1. The summed E-state index contributed by atoms with van der Waals surface area (Å²) in [6.45, 7) is 1.69. The predicted molar refractivity (Wildman–Crippen MR) is 87.7 cm³/mol. The monoisotopic (exact) mass is 337 g/mol. The minimum absolute atomic E-state index is 0.240. The maximum Gasteiger partial charge on any atom is 0.252 e. The molecule has 1 fully saturated rings. The highest BCUT2D eigenvalue weighted by molar-refractivity contribution is 7.91. The molecule has 0 aliphatic carbocycles. The number of sulfonamides is 1. The van der Waals surface area contributed by atoms with Crippen LogP contribution in [0.2, 0.25) is 0 Å². The molecule has 6 heteroatoms. The number of nitrogens with zero attached hydrogens (tertiary/aromatic N) is 1. The van der Waals surface area contributed by atoms with Gasteiger partial charge in [0.15, 0.2) is 0 Å². The molecule has 2 heterocycles. The van der Waals surface area contributed by atoms with Crippen molar-refractivity contribution in [1.29, 1.82) is 0 Å². The van der Waals surface area contributed by atoms with Crippen molar-refractivity contribution in [3.63, 3.8) is 0 Å². The molecule has 1 atom stereocenters. The van der Waals surface area contributed by atoms with Crippen LogP contribution in [-0.2, 0) is 10.0 Å². The van der Waals surface area contributed by atoms with Crippen molar-refractivity contribution < 1.29 is 13.2 Å². The van der Waals surface area contributed by atoms with Crippen molar-refractivity contribution >= 4 is 21.4 Å². The second kappa shape index (κ2) is 6.81. The Morgan fingerprint density at radius 2 is 2.00 bits per heavy atom. The summed E-state index contributed by atoms with van der Waals surface area (Å²) < 4.78 is 32.9. The molecule has 0 N–H and O–H groups in total. The lowest BCUT2D eigenvalue weighted by molar-refractivity contribution is 0.180. The molecule has 118 valence electrons. The Labute approximate surface area is 135 Å². The maximum atomic E-state index is 12.6. The number of thiophene rings is 1. The smallest absolute Gasteiger partial charge is 0.252 e. The van der Waals surface area contributed by atoms with Gasteiger partial charge >= 0.3 is 0 Å². The standard InChI is InChI=1S/C16H19NO3S2/c18-22(19,16-9-5-11-21-16)17-10-4-6-14(12-17)13-20-15-7-2-1-3-8-15/h1-3,5,7-9,11,14H,4,6,10,12-13H2. The van der Waals surface area contributed by atoms with Crippen LogP contribution in [0.4, 0.5) is 0 Å². The molecular formula is C16H19NO3S2. The number of piperidine rings is 1. The van der Waals surface area contributed by atoms with Crippen LogP contribution in [0.15, 0.2) is 52.1 Å². The Bertz CT molecular complexity index is 683. The Kier molecular flexibility index (Phi) is 4.81. The summed E-state index contributed by atoms with van der Waals surface area (Å²) in [6.07, 6.45) is 1.89. The fourth-order valence-corrected chi connectivity index (χ4v) is 5.35. The van der Waals surface area contributed by atoms with Gasteiger partial charge in [0, 0.05) is 19.0 Å². The number of rotatable bonds is 5. The van der Waals surface area contributed by atoms with Gasteiger partial charge in [0.2, 0.25) is 0 Å². The fraction of sp³-hybridized carbons (Fsp3) is 0.375. The highest BCUT2D eigenvalue weighted by atomic mass is 32.2. The highest BCUT2D eigenvalue weighted by Gasteiger charge is 2.31. The highest BCUT2D eigenvalue weighted by Crippen LogP contribution is 2.26. The van der Waals surface area contributed by atoms with E-state index in [4.69, 9.17) is 4.74 Å². The van der Waals surface area contributed by atoms with Crippen LogP contribution in [0.5, 0.6) is 5.75 Å². The van der Waals surface area contributed by atoms with Gasteiger partial charge in [0.1, 0.15) is 9.96 Å². The van der Waals surface area contributed by atoms with E-state index in [-0.39, 0.29) is 5.92 Å². The quantitative estimate of drug-likeness (QED) is 0.841. The molecule has 3 rings (SSSR count). The Morgan fingerprint density at radius 3 is 2.73 bits per heavy atom. The molecular weight excluding hydrogens is 318 g/mol. The maximum absolute atomic E-state index is 12.6. The van der Waals surface area contributed by atoms with Crippen molar-refractivity contribution in [2.24, 2.45) is 5.92 Å². The van der Waals surface area contributed by atoms with Gasteiger partial charge in [0.05, 0.1) is 6.61 Å². The van der Waals surface area contributed by atoms with Crippen molar-refractivity contribution in [2.75, 3.05) is 19.7 Å². The van der Waals surface area contributed by atoms with Crippen LogP contribution in [0, 0.1) is 5.92 Å². The fourth-order valence-electron chi connectivity index (χ4n) is 2.65. The normalized spacial score (nSPS) is 19.9. The van der Waals surface area contributed by atoms with Gasteiger partial charge in [-0.3, -0.25) is 0 Å². The number of benzene rings is 1. The van der Waals surface area contributed by atoms with Crippen molar-refractivity contribution in [3.8, 4) is 5.75 Å². The van der Waals surface area contributed by atoms with Gasteiger partial charge < -0.3 is 4.74 Å². The van der Waals surface area contributed by atoms with Crippen LogP contribution in [0.25, 0.3) is 0 Å². The summed E-state index contributed by atoms with van der Waals surface area (Å²) in [6, 6.07) is 13.1.